The van der Waals surface area contributed by atoms with Crippen LogP contribution in [0.3, 0.4) is 0 Å². The highest BCUT2D eigenvalue weighted by atomic mass is 32.2. The molecule has 0 heterocycles. The number of ether oxygens (including phenoxy) is 1. The number of esters is 1. The van der Waals surface area contributed by atoms with Crippen LogP contribution in [0.15, 0.2) is 71.6 Å². The summed E-state index contributed by atoms with van der Waals surface area (Å²) in [6, 6.07) is 19.6. The summed E-state index contributed by atoms with van der Waals surface area (Å²) in [7, 11) is 1.26. The van der Waals surface area contributed by atoms with Crippen molar-refractivity contribution < 1.29 is 19.0 Å². The summed E-state index contributed by atoms with van der Waals surface area (Å²) in [4.78, 5) is 13.1. The largest absolute Gasteiger partial charge is 0.467 e. The molecular weight excluding hydrogens is 351 g/mol. The molecule has 5 heteroatoms. The van der Waals surface area contributed by atoms with E-state index in [0.717, 1.165) is 21.2 Å². The van der Waals surface area contributed by atoms with E-state index in [1.54, 1.807) is 12.1 Å². The fraction of sp³-hybridized carbons (Fsp3) is 0.190. The smallest absolute Gasteiger partial charge is 0.339 e. The fourth-order valence-electron chi connectivity index (χ4n) is 2.87. The van der Waals surface area contributed by atoms with E-state index in [2.05, 4.69) is 0 Å². The van der Waals surface area contributed by atoms with E-state index in [1.807, 2.05) is 42.5 Å². The van der Waals surface area contributed by atoms with Gasteiger partial charge in [0.25, 0.3) is 0 Å². The summed E-state index contributed by atoms with van der Waals surface area (Å²) in [6.07, 6.45) is 0.134. The number of halogens is 1. The van der Waals surface area contributed by atoms with Crippen LogP contribution in [0.1, 0.15) is 5.56 Å². The third-order valence-electron chi connectivity index (χ3n) is 4.22. The number of methoxy groups -OCH3 is 1. The predicted octanol–water partition coefficient (Wildman–Crippen LogP) is 4.22. The Bertz CT molecular complexity index is 905. The highest BCUT2D eigenvalue weighted by Crippen LogP contribution is 2.29. The van der Waals surface area contributed by atoms with E-state index in [0.29, 0.717) is 0 Å². The van der Waals surface area contributed by atoms with E-state index in [9.17, 15) is 14.3 Å². The Morgan fingerprint density at radius 1 is 1.08 bits per heavy atom. The average Bonchev–Trinajstić information content (AvgIpc) is 2.67. The van der Waals surface area contributed by atoms with Crippen molar-refractivity contribution in [1.29, 1.82) is 0 Å². The van der Waals surface area contributed by atoms with Crippen LogP contribution in [-0.2, 0) is 16.0 Å². The van der Waals surface area contributed by atoms with Crippen molar-refractivity contribution in [3.63, 3.8) is 0 Å². The first-order valence-electron chi connectivity index (χ1n) is 8.18. The summed E-state index contributed by atoms with van der Waals surface area (Å²) < 4.78 is 17.9. The van der Waals surface area contributed by atoms with Crippen LogP contribution in [0.5, 0.6) is 0 Å². The van der Waals surface area contributed by atoms with Gasteiger partial charge in [-0.1, -0.05) is 42.5 Å². The average molecular weight is 370 g/mol. The minimum Gasteiger partial charge on any atom is -0.467 e. The van der Waals surface area contributed by atoms with Crippen molar-refractivity contribution in [2.45, 2.75) is 16.9 Å². The second-order valence-electron chi connectivity index (χ2n) is 6.08. The normalized spacial score (nSPS) is 13.3. The second-order valence-corrected chi connectivity index (χ2v) is 7.13. The van der Waals surface area contributed by atoms with Gasteiger partial charge in [0.2, 0.25) is 0 Å². The van der Waals surface area contributed by atoms with Gasteiger partial charge in [-0.05, 0) is 40.6 Å². The maximum atomic E-state index is 13.0. The highest BCUT2D eigenvalue weighted by molar-refractivity contribution is 7.99. The van der Waals surface area contributed by atoms with Gasteiger partial charge in [-0.15, -0.1) is 11.8 Å². The van der Waals surface area contributed by atoms with Crippen LogP contribution in [0.4, 0.5) is 4.39 Å². The predicted molar refractivity (Wildman–Crippen MR) is 102 cm³/mol. The quantitative estimate of drug-likeness (QED) is 0.521. The first kappa shape index (κ1) is 18.4. The second kappa shape index (κ2) is 7.89. The number of benzene rings is 3. The molecule has 0 fully saturated rings. The Hall–Kier alpha value is -2.37. The molecule has 0 amide bonds. The van der Waals surface area contributed by atoms with Crippen LogP contribution in [-0.4, -0.2) is 29.5 Å². The van der Waals surface area contributed by atoms with E-state index >= 15 is 0 Å². The molecule has 0 unspecified atom stereocenters. The fourth-order valence-corrected chi connectivity index (χ4v) is 3.82. The van der Waals surface area contributed by atoms with Crippen LogP contribution in [0.2, 0.25) is 0 Å². The first-order valence-corrected chi connectivity index (χ1v) is 9.16. The molecule has 3 aromatic rings. The standard InChI is InChI=1S/C21H19FO3S/c1-25-20(23)21(24,14-26-18-11-9-17(22)10-12-18)13-16-7-4-6-15-5-2-3-8-19(15)16/h2-12,24H,13-14H2,1H3/t21-/m0/s1. The molecule has 0 spiro atoms. The van der Waals surface area contributed by atoms with Crippen LogP contribution < -0.4 is 0 Å². The molecule has 0 saturated carbocycles. The number of fused-ring (bicyclic) bond motifs is 1. The number of hydrogen-bond donors (Lipinski definition) is 1. The molecule has 3 aromatic carbocycles. The third-order valence-corrected chi connectivity index (χ3v) is 5.45. The molecule has 3 nitrogen and oxygen atoms in total. The summed E-state index contributed by atoms with van der Waals surface area (Å²) in [5, 5.41) is 13.1. The molecule has 0 saturated heterocycles. The lowest BCUT2D eigenvalue weighted by Crippen LogP contribution is -2.44. The number of carbonyl (C=O) groups excluding carboxylic acids is 1. The number of thioether (sulfide) groups is 1. The highest BCUT2D eigenvalue weighted by Gasteiger charge is 2.38. The molecule has 0 radical (unpaired) electrons. The first-order chi connectivity index (χ1) is 12.5. The Kier molecular flexibility index (Phi) is 5.59. The monoisotopic (exact) mass is 370 g/mol. The third kappa shape index (κ3) is 4.06. The van der Waals surface area contributed by atoms with Gasteiger partial charge < -0.3 is 9.84 Å². The SMILES string of the molecule is COC(=O)[C@@](O)(CSc1ccc(F)cc1)Cc1cccc2ccccc12. The lowest BCUT2D eigenvalue weighted by Gasteiger charge is -2.25. The van der Waals surface area contributed by atoms with E-state index in [1.165, 1.54) is 31.0 Å². The van der Waals surface area contributed by atoms with E-state index < -0.39 is 11.6 Å². The summed E-state index contributed by atoms with van der Waals surface area (Å²) in [5.41, 5.74) is -0.812. The molecule has 0 aliphatic heterocycles. The van der Waals surface area contributed by atoms with E-state index in [-0.39, 0.29) is 18.0 Å². The molecule has 0 aromatic heterocycles. The molecule has 1 N–H and O–H groups in total. The van der Waals surface area contributed by atoms with Gasteiger partial charge in [0.05, 0.1) is 7.11 Å². The molecule has 26 heavy (non-hydrogen) atoms. The zero-order valence-corrected chi connectivity index (χ0v) is 15.1. The number of rotatable bonds is 6. The molecule has 0 aliphatic rings. The molecule has 3 rings (SSSR count). The zero-order chi connectivity index (χ0) is 18.6. The Labute approximate surface area is 155 Å². The van der Waals surface area contributed by atoms with Crippen molar-refractivity contribution in [1.82, 2.24) is 0 Å². The van der Waals surface area contributed by atoms with Crippen molar-refractivity contribution in [2.24, 2.45) is 0 Å². The maximum Gasteiger partial charge on any atom is 0.339 e. The zero-order valence-electron chi connectivity index (χ0n) is 14.3. The van der Waals surface area contributed by atoms with Crippen LogP contribution >= 0.6 is 11.8 Å². The van der Waals surface area contributed by atoms with Crippen molar-refractivity contribution >= 4 is 28.5 Å². The van der Waals surface area contributed by atoms with Gasteiger partial charge in [-0.2, -0.15) is 0 Å². The van der Waals surface area contributed by atoms with Gasteiger partial charge in [-0.25, -0.2) is 9.18 Å². The molecule has 1 atom stereocenters. The van der Waals surface area contributed by atoms with Gasteiger partial charge in [0, 0.05) is 17.1 Å². The Morgan fingerprint density at radius 3 is 2.50 bits per heavy atom. The van der Waals surface area contributed by atoms with Crippen molar-refractivity contribution in [2.75, 3.05) is 12.9 Å². The van der Waals surface area contributed by atoms with Gasteiger partial charge in [0.15, 0.2) is 5.60 Å². The Balaban J connectivity index is 1.87. The van der Waals surface area contributed by atoms with Crippen LogP contribution in [0.25, 0.3) is 10.8 Å². The van der Waals surface area contributed by atoms with Crippen molar-refractivity contribution in [3.8, 4) is 0 Å². The number of carbonyl (C=O) groups is 1. The van der Waals surface area contributed by atoms with E-state index in [4.69, 9.17) is 4.74 Å². The summed E-state index contributed by atoms with van der Waals surface area (Å²) in [5.74, 6) is -0.900. The molecular formula is C21H19FO3S. The Morgan fingerprint density at radius 2 is 1.77 bits per heavy atom. The maximum absolute atomic E-state index is 13.0. The number of aliphatic hydroxyl groups is 1. The van der Waals surface area contributed by atoms with Crippen molar-refractivity contribution in [3.05, 3.63) is 78.1 Å². The molecule has 134 valence electrons. The molecule has 0 bridgehead atoms. The number of hydrogen-bond acceptors (Lipinski definition) is 4. The van der Waals surface area contributed by atoms with Gasteiger partial charge in [0.1, 0.15) is 5.82 Å². The van der Waals surface area contributed by atoms with Gasteiger partial charge >= 0.3 is 5.97 Å². The summed E-state index contributed by atoms with van der Waals surface area (Å²) in [6.45, 7) is 0. The topological polar surface area (TPSA) is 46.5 Å². The van der Waals surface area contributed by atoms with Crippen LogP contribution in [0, 0.1) is 5.82 Å². The minimum atomic E-state index is -1.68. The summed E-state index contributed by atoms with van der Waals surface area (Å²) >= 11 is 1.29. The minimum absolute atomic E-state index is 0.106. The lowest BCUT2D eigenvalue weighted by atomic mass is 9.92. The van der Waals surface area contributed by atoms with Gasteiger partial charge in [-0.3, -0.25) is 0 Å². The lowest BCUT2D eigenvalue weighted by molar-refractivity contribution is -0.159. The molecule has 0 aliphatic carbocycles.